The standard InChI is InChI=1S/C25H26O11.C22H22O10.C18H18O8.C16H14O8.C9H10O4.C3H5ClO.CH4O.Na.H2O/c1-29-20-5-13(24(26)27)3-18(22(20)34-10-15-7-31-15)19-4-14(25(28)36-12-17-9-33-17)6-21(30-2)23(19)35-11-16-8-32-16;1-27-17-5-11(21(23)24)3-15(19(17)31-9-13-7-29-13)16-4-12(22(25)26)6-18(28-2)20(16)32-10-14-8-30-14;1-23-13-7-9(17(21)25-3)5-11(15(13)19)12-6-10(18(22)26-4)8-14(24-2)16(12)20;1-23-11-5-7(15(19)20)3-9(13(11)17)10-4-8(16(21)22)6-12(24-2)14(10)18;1-12-8-5-6(9(11)13-2)3-4-7(8)10;4-1-3-2-5-3;1-2;;/h3-6,15-17H,7-12H2,1-2H3,(H,26,27);3-6,13-14H,7-10H2,1-2H3,(H,23,24)(H,25,26);5-8,19-20H,1-4H3;3-6,17-18H,1-2H3,(H,19,20)(H,21,22);3-5,10H,1-2H3;3H,1-2H2;2H,1H3;;1H2/q;;;;;;;+1;/p-1. The van der Waals surface area contributed by atoms with Crippen LogP contribution in [0.2, 0.25) is 0 Å². The van der Waals surface area contributed by atoms with Gasteiger partial charge < -0.3 is 171 Å². The molecule has 748 valence electrons. The van der Waals surface area contributed by atoms with Crippen molar-refractivity contribution < 1.29 is 243 Å². The topological polar surface area (TPSA) is 638 Å². The van der Waals surface area contributed by atoms with E-state index in [0.29, 0.717) is 67.5 Å². The predicted molar refractivity (Wildman–Crippen MR) is 482 cm³/mol. The molecule has 0 aromatic heterocycles. The molecule has 44 nitrogen and oxygen atoms in total. The number of hydrogen-bond acceptors (Lipinski definition) is 39. The fourth-order valence-corrected chi connectivity index (χ4v) is 12.5. The zero-order chi connectivity index (χ0) is 101. The van der Waals surface area contributed by atoms with Crippen molar-refractivity contribution in [2.24, 2.45) is 0 Å². The molecule has 6 saturated heterocycles. The number of carboxylic acids is 5. The maximum Gasteiger partial charge on any atom is 1.00 e. The summed E-state index contributed by atoms with van der Waals surface area (Å²) in [6.07, 6.45) is 0.0243. The van der Waals surface area contributed by atoms with Gasteiger partial charge in [-0.15, -0.1) is 11.6 Å². The first-order chi connectivity index (χ1) is 66.1. The molecule has 0 amide bonds. The number of phenolic OH excluding ortho intramolecular Hbond substituents is 5. The Labute approximate surface area is 824 Å². The van der Waals surface area contributed by atoms with Gasteiger partial charge in [0.2, 0.25) is 0 Å². The summed E-state index contributed by atoms with van der Waals surface area (Å²) in [4.78, 5) is 106. The molecule has 6 atom stereocenters. The Morgan fingerprint density at radius 2 is 0.479 bits per heavy atom. The van der Waals surface area contributed by atoms with Crippen LogP contribution in [0.3, 0.4) is 0 Å². The van der Waals surface area contributed by atoms with E-state index in [4.69, 9.17) is 122 Å². The SMILES string of the molecule is CO.COC(=O)c1cc(OC)c(O)c(-c2cc(C(=O)OC)cc(OC)c2O)c1.COC(=O)c1ccc(O)c(OC)c1.COc1cc(C(=O)O)cc(-c2cc(C(=O)O)cc(OC)c2O)c1O.COc1cc(C(=O)O)cc(-c2cc(C(=O)O)cc(OC)c2OCC2CO2)c1OCC1CO1.COc1cc(C(=O)O)cc(-c2cc(C(=O)OCC3CO3)cc(OC)c2OCC2CO2)c1OCC1CO1.ClCC1CO1.[Na+].[OH-]. The van der Waals surface area contributed by atoms with Crippen LogP contribution in [-0.2, 0) is 47.4 Å². The maximum absolute atomic E-state index is 12.9. The molecule has 6 heterocycles. The van der Waals surface area contributed by atoms with Crippen molar-refractivity contribution in [3.63, 3.8) is 0 Å². The smallest absolute Gasteiger partial charge is 0.870 e. The number of hydrogen-bond donors (Lipinski definition) is 11. The third kappa shape index (κ3) is 30.3. The van der Waals surface area contributed by atoms with Crippen molar-refractivity contribution in [1.82, 2.24) is 0 Å². The summed E-state index contributed by atoms with van der Waals surface area (Å²) in [7, 11) is 16.9. The molecule has 12 N–H and O–H groups in total. The minimum absolute atomic E-state index is 0. The number of carbonyl (C=O) groups excluding carboxylic acids is 4. The molecule has 0 aliphatic carbocycles. The van der Waals surface area contributed by atoms with E-state index < -0.39 is 65.2 Å². The normalized spacial score (nSPS) is 15.5. The molecule has 0 radical (unpaired) electrons. The van der Waals surface area contributed by atoms with Crippen LogP contribution >= 0.6 is 11.6 Å². The van der Waals surface area contributed by atoms with E-state index >= 15 is 0 Å². The Morgan fingerprint density at radius 3 is 0.707 bits per heavy atom. The van der Waals surface area contributed by atoms with Gasteiger partial charge in [0.05, 0.1) is 187 Å². The number of halogens is 1. The maximum atomic E-state index is 12.9. The molecule has 46 heteroatoms. The second-order valence-electron chi connectivity index (χ2n) is 29.1. The van der Waals surface area contributed by atoms with E-state index in [1.807, 2.05) is 0 Å². The summed E-state index contributed by atoms with van der Waals surface area (Å²) >= 11 is 5.27. The summed E-state index contributed by atoms with van der Waals surface area (Å²) < 4.78 is 121. The third-order valence-electron chi connectivity index (χ3n) is 20.0. The Hall–Kier alpha value is -14.4. The van der Waals surface area contributed by atoms with Crippen LogP contribution in [-0.4, -0.2) is 323 Å². The largest absolute Gasteiger partial charge is 1.00 e. The number of rotatable bonds is 37. The van der Waals surface area contributed by atoms with Gasteiger partial charge in [0.15, 0.2) is 103 Å². The van der Waals surface area contributed by atoms with E-state index in [1.165, 1.54) is 170 Å². The van der Waals surface area contributed by atoms with Crippen molar-refractivity contribution in [3.8, 4) is 148 Å². The van der Waals surface area contributed by atoms with Crippen LogP contribution in [0, 0.1) is 0 Å². The van der Waals surface area contributed by atoms with E-state index in [1.54, 1.807) is 6.07 Å². The molecule has 9 aromatic rings. The van der Waals surface area contributed by atoms with Crippen LogP contribution in [0.5, 0.6) is 103 Å². The van der Waals surface area contributed by atoms with E-state index in [2.05, 4.69) is 14.2 Å². The van der Waals surface area contributed by atoms with Crippen LogP contribution in [0.15, 0.2) is 115 Å². The number of epoxide rings is 6. The first-order valence-electron chi connectivity index (χ1n) is 40.9. The van der Waals surface area contributed by atoms with Crippen molar-refractivity contribution in [2.75, 3.05) is 171 Å². The number of aliphatic hydroxyl groups is 1. The number of ether oxygens (including phenoxy) is 23. The van der Waals surface area contributed by atoms with Gasteiger partial charge in [-0.3, -0.25) is 0 Å². The average Bonchev–Trinajstić information content (AvgIpc) is 1.41. The third-order valence-corrected chi connectivity index (χ3v) is 20.3. The molecule has 0 spiro atoms. The summed E-state index contributed by atoms with van der Waals surface area (Å²) in [5, 5.41) is 105. The first kappa shape index (κ1) is 113. The first-order valence-corrected chi connectivity index (χ1v) is 41.4. The summed E-state index contributed by atoms with van der Waals surface area (Å²) in [6.45, 7) is 4.74. The number of alkyl halides is 1. The number of benzene rings is 9. The summed E-state index contributed by atoms with van der Waals surface area (Å²) in [6, 6.07) is 25.2. The van der Waals surface area contributed by atoms with Gasteiger partial charge in [-0.25, -0.2) is 43.2 Å². The molecule has 9 aromatic carbocycles. The molecule has 140 heavy (non-hydrogen) atoms. The number of methoxy groups -OCH3 is 12. The fourth-order valence-electron chi connectivity index (χ4n) is 12.4. The van der Waals surface area contributed by atoms with E-state index in [0.717, 1.165) is 38.0 Å². The molecule has 0 saturated carbocycles. The molecule has 6 aliphatic rings. The number of aromatic carboxylic acids is 5. The van der Waals surface area contributed by atoms with Gasteiger partial charge >= 0.3 is 83.3 Å². The van der Waals surface area contributed by atoms with Crippen molar-refractivity contribution in [1.29, 1.82) is 0 Å². The van der Waals surface area contributed by atoms with Crippen LogP contribution < -0.4 is 91.1 Å². The molecule has 6 aliphatic heterocycles. The Bertz CT molecular complexity index is 5670. The zero-order valence-corrected chi connectivity index (χ0v) is 80.5. The van der Waals surface area contributed by atoms with Crippen molar-refractivity contribution >= 4 is 65.3 Å². The van der Waals surface area contributed by atoms with Crippen LogP contribution in [0.4, 0.5) is 0 Å². The molecular formula is C94H100ClNaO44. The van der Waals surface area contributed by atoms with Gasteiger partial charge in [0.25, 0.3) is 0 Å². The van der Waals surface area contributed by atoms with Gasteiger partial charge in [0, 0.05) is 51.6 Å². The molecule has 15 rings (SSSR count). The number of phenols is 5. The van der Waals surface area contributed by atoms with E-state index in [-0.39, 0.29) is 263 Å². The molecule has 6 fully saturated rings. The van der Waals surface area contributed by atoms with Crippen molar-refractivity contribution in [2.45, 2.75) is 36.6 Å². The Kier molecular flexibility index (Phi) is 42.6. The second kappa shape index (κ2) is 52.9. The van der Waals surface area contributed by atoms with Gasteiger partial charge in [-0.05, 0) is 115 Å². The van der Waals surface area contributed by atoms with Crippen molar-refractivity contribution in [3.05, 3.63) is 165 Å². The fraction of sp³-hybridized carbons (Fsp3) is 0.330. The van der Waals surface area contributed by atoms with Gasteiger partial charge in [-0.1, -0.05) is 0 Å². The summed E-state index contributed by atoms with van der Waals surface area (Å²) in [5.41, 5.74) is 1.29. The Morgan fingerprint density at radius 1 is 0.279 bits per heavy atom. The Balaban J connectivity index is 0.000000239. The number of aromatic hydroxyl groups is 5. The zero-order valence-electron chi connectivity index (χ0n) is 77.7. The van der Waals surface area contributed by atoms with E-state index in [9.17, 15) is 84.0 Å². The molecule has 6 unspecified atom stereocenters. The van der Waals surface area contributed by atoms with Crippen LogP contribution in [0.1, 0.15) is 93.2 Å². The quantitative estimate of drug-likeness (QED) is 0.00598. The minimum atomic E-state index is -1.28. The van der Waals surface area contributed by atoms with Gasteiger partial charge in [0.1, 0.15) is 63.6 Å². The minimum Gasteiger partial charge on any atom is -0.870 e. The predicted octanol–water partition coefficient (Wildman–Crippen LogP) is 7.28. The summed E-state index contributed by atoms with van der Waals surface area (Å²) in [5.74, 6) is -7.51. The monoisotopic (exact) mass is 1990 g/mol. The van der Waals surface area contributed by atoms with Crippen LogP contribution in [0.25, 0.3) is 44.5 Å². The molecule has 0 bridgehead atoms. The number of esters is 4. The molecular weight excluding hydrogens is 1890 g/mol. The number of carbonyl (C=O) groups is 9. The number of aliphatic hydroxyl groups excluding tert-OH is 1. The average molecular weight is 1990 g/mol. The second-order valence-corrected chi connectivity index (χ2v) is 29.4. The number of carboxylic acid groups (broad SMARTS) is 5. The van der Waals surface area contributed by atoms with Gasteiger partial charge in [-0.2, -0.15) is 0 Å².